The molecule has 0 aliphatic heterocycles. The number of alkyl halides is 1. The topological polar surface area (TPSA) is 38.3 Å². The van der Waals surface area contributed by atoms with Crippen LogP contribution in [0, 0.1) is 5.92 Å². The Bertz CT molecular complexity index is 199. The van der Waals surface area contributed by atoms with Crippen molar-refractivity contribution in [1.82, 2.24) is 5.32 Å². The molecule has 1 unspecified atom stereocenters. The summed E-state index contributed by atoms with van der Waals surface area (Å²) in [6.07, 6.45) is 0.393. The maximum absolute atomic E-state index is 11.5. The third-order valence-corrected chi connectivity index (χ3v) is 2.15. The van der Waals surface area contributed by atoms with Gasteiger partial charge in [-0.1, -0.05) is 13.8 Å². The van der Waals surface area contributed by atoms with Crippen molar-refractivity contribution in [3.63, 3.8) is 0 Å². The molecule has 1 N–H and O–H groups in total. The van der Waals surface area contributed by atoms with Crippen molar-refractivity contribution < 1.29 is 9.53 Å². The highest BCUT2D eigenvalue weighted by Gasteiger charge is 2.20. The minimum Gasteiger partial charge on any atom is -0.444 e. The molecule has 0 rings (SSSR count). The molecule has 0 heterocycles. The lowest BCUT2D eigenvalue weighted by molar-refractivity contribution is 0.0489. The van der Waals surface area contributed by atoms with Crippen LogP contribution in [0.3, 0.4) is 0 Å². The maximum atomic E-state index is 11.5. The summed E-state index contributed by atoms with van der Waals surface area (Å²) in [5.74, 6) is 0.898. The average molecular weight is 236 g/mol. The number of ether oxygens (including phenoxy) is 1. The van der Waals surface area contributed by atoms with Gasteiger partial charge in [-0.2, -0.15) is 0 Å². The van der Waals surface area contributed by atoms with E-state index >= 15 is 0 Å². The zero-order chi connectivity index (χ0) is 12.1. The van der Waals surface area contributed by atoms with Gasteiger partial charge in [-0.05, 0) is 33.1 Å². The molecule has 0 radical (unpaired) electrons. The SMILES string of the molecule is CC(C)C(CCCl)NC(=O)OC(C)(C)C. The minimum atomic E-state index is -0.452. The normalized spacial score (nSPS) is 13.8. The fourth-order valence-electron chi connectivity index (χ4n) is 1.15. The average Bonchev–Trinajstić information content (AvgIpc) is 1.99. The first kappa shape index (κ1) is 14.6. The molecule has 0 saturated carbocycles. The van der Waals surface area contributed by atoms with Gasteiger partial charge in [0.05, 0.1) is 0 Å². The predicted octanol–water partition coefficient (Wildman–Crippen LogP) is 3.16. The van der Waals surface area contributed by atoms with Gasteiger partial charge in [0.1, 0.15) is 5.60 Å². The fourth-order valence-corrected chi connectivity index (χ4v) is 1.38. The lowest BCUT2D eigenvalue weighted by Gasteiger charge is -2.25. The van der Waals surface area contributed by atoms with E-state index in [-0.39, 0.29) is 12.1 Å². The fraction of sp³-hybridized carbons (Fsp3) is 0.909. The Labute approximate surface area is 97.5 Å². The summed E-state index contributed by atoms with van der Waals surface area (Å²) < 4.78 is 5.17. The molecule has 1 atom stereocenters. The molecule has 0 spiro atoms. The number of halogens is 1. The van der Waals surface area contributed by atoms with Gasteiger partial charge in [0.25, 0.3) is 0 Å². The van der Waals surface area contributed by atoms with E-state index in [1.807, 2.05) is 20.8 Å². The molecule has 0 aromatic carbocycles. The molecule has 4 heteroatoms. The van der Waals surface area contributed by atoms with Gasteiger partial charge in [0, 0.05) is 11.9 Å². The molecule has 0 aromatic heterocycles. The highest BCUT2D eigenvalue weighted by molar-refractivity contribution is 6.17. The first-order chi connectivity index (χ1) is 6.76. The second-order valence-electron chi connectivity index (χ2n) is 4.97. The summed E-state index contributed by atoms with van der Waals surface area (Å²) in [7, 11) is 0. The second kappa shape index (κ2) is 6.21. The molecular formula is C11H22ClNO2. The highest BCUT2D eigenvalue weighted by Crippen LogP contribution is 2.10. The summed E-state index contributed by atoms with van der Waals surface area (Å²) in [5.41, 5.74) is -0.452. The molecule has 0 saturated heterocycles. The van der Waals surface area contributed by atoms with Gasteiger partial charge >= 0.3 is 6.09 Å². The molecule has 0 aliphatic carbocycles. The number of alkyl carbamates (subject to hydrolysis) is 1. The van der Waals surface area contributed by atoms with E-state index in [1.54, 1.807) is 0 Å². The maximum Gasteiger partial charge on any atom is 0.407 e. The lowest BCUT2D eigenvalue weighted by atomic mass is 10.0. The van der Waals surface area contributed by atoms with E-state index < -0.39 is 5.60 Å². The number of nitrogens with one attached hydrogen (secondary N) is 1. The third-order valence-electron chi connectivity index (χ3n) is 1.93. The first-order valence-electron chi connectivity index (χ1n) is 5.31. The van der Waals surface area contributed by atoms with E-state index in [4.69, 9.17) is 16.3 Å². The Hall–Kier alpha value is -0.440. The zero-order valence-corrected chi connectivity index (χ0v) is 11.0. The standard InChI is InChI=1S/C11H22ClNO2/c1-8(2)9(6-7-12)13-10(14)15-11(3,4)5/h8-9H,6-7H2,1-5H3,(H,13,14). The summed E-state index contributed by atoms with van der Waals surface area (Å²) in [5, 5.41) is 2.83. The summed E-state index contributed by atoms with van der Waals surface area (Å²) in [6, 6.07) is 0.0809. The van der Waals surface area contributed by atoms with Gasteiger partial charge < -0.3 is 10.1 Å². The Balaban J connectivity index is 4.11. The van der Waals surface area contributed by atoms with Gasteiger partial charge in [-0.15, -0.1) is 11.6 Å². The van der Waals surface area contributed by atoms with E-state index in [2.05, 4.69) is 19.2 Å². The molecule has 0 fully saturated rings. The van der Waals surface area contributed by atoms with Crippen LogP contribution < -0.4 is 5.32 Å². The number of rotatable bonds is 4. The van der Waals surface area contributed by atoms with Crippen molar-refractivity contribution >= 4 is 17.7 Å². The number of hydrogen-bond acceptors (Lipinski definition) is 2. The van der Waals surface area contributed by atoms with Crippen LogP contribution in [0.15, 0.2) is 0 Å². The van der Waals surface area contributed by atoms with Crippen LogP contribution in [0.25, 0.3) is 0 Å². The van der Waals surface area contributed by atoms with Crippen molar-refractivity contribution in [1.29, 1.82) is 0 Å². The van der Waals surface area contributed by atoms with Crippen molar-refractivity contribution in [3.8, 4) is 0 Å². The highest BCUT2D eigenvalue weighted by atomic mass is 35.5. The molecule has 0 aromatic rings. The number of carbonyl (C=O) groups excluding carboxylic acids is 1. The third kappa shape index (κ3) is 7.48. The quantitative estimate of drug-likeness (QED) is 0.761. The van der Waals surface area contributed by atoms with Crippen LogP contribution in [-0.2, 0) is 4.74 Å². The van der Waals surface area contributed by atoms with Crippen LogP contribution in [0.5, 0.6) is 0 Å². The van der Waals surface area contributed by atoms with Gasteiger partial charge in [-0.3, -0.25) is 0 Å². The largest absolute Gasteiger partial charge is 0.444 e. The van der Waals surface area contributed by atoms with Gasteiger partial charge in [0.15, 0.2) is 0 Å². The van der Waals surface area contributed by atoms with E-state index in [1.165, 1.54) is 0 Å². The van der Waals surface area contributed by atoms with Crippen molar-refractivity contribution in [2.24, 2.45) is 5.92 Å². The van der Waals surface area contributed by atoms with Gasteiger partial charge in [0.2, 0.25) is 0 Å². The van der Waals surface area contributed by atoms with Crippen LogP contribution in [0.2, 0.25) is 0 Å². The van der Waals surface area contributed by atoms with Crippen LogP contribution >= 0.6 is 11.6 Å². The van der Waals surface area contributed by atoms with Crippen molar-refractivity contribution in [2.75, 3.05) is 5.88 Å². The molecular weight excluding hydrogens is 214 g/mol. The van der Waals surface area contributed by atoms with Crippen LogP contribution in [0.4, 0.5) is 4.79 Å². The number of carbonyl (C=O) groups is 1. The Morgan fingerprint density at radius 2 is 1.93 bits per heavy atom. The molecule has 0 bridgehead atoms. The second-order valence-corrected chi connectivity index (χ2v) is 5.35. The molecule has 1 amide bonds. The summed E-state index contributed by atoms with van der Waals surface area (Å²) in [6.45, 7) is 9.64. The van der Waals surface area contributed by atoms with Crippen LogP contribution in [-0.4, -0.2) is 23.6 Å². The van der Waals surface area contributed by atoms with Gasteiger partial charge in [-0.25, -0.2) is 4.79 Å². The molecule has 90 valence electrons. The first-order valence-corrected chi connectivity index (χ1v) is 5.85. The monoisotopic (exact) mass is 235 g/mol. The van der Waals surface area contributed by atoms with Crippen LogP contribution in [0.1, 0.15) is 41.0 Å². The van der Waals surface area contributed by atoms with E-state index in [0.29, 0.717) is 11.8 Å². The van der Waals surface area contributed by atoms with E-state index in [0.717, 1.165) is 6.42 Å². The van der Waals surface area contributed by atoms with Crippen molar-refractivity contribution in [2.45, 2.75) is 52.7 Å². The smallest absolute Gasteiger partial charge is 0.407 e. The zero-order valence-electron chi connectivity index (χ0n) is 10.3. The molecule has 0 aliphatic rings. The Kier molecular flexibility index (Phi) is 6.03. The Morgan fingerprint density at radius 3 is 2.27 bits per heavy atom. The predicted molar refractivity (Wildman–Crippen MR) is 63.3 cm³/mol. The number of hydrogen-bond donors (Lipinski definition) is 1. The summed E-state index contributed by atoms with van der Waals surface area (Å²) >= 11 is 5.66. The summed E-state index contributed by atoms with van der Waals surface area (Å²) in [4.78, 5) is 11.5. The molecule has 3 nitrogen and oxygen atoms in total. The van der Waals surface area contributed by atoms with E-state index in [9.17, 15) is 4.79 Å². The number of amides is 1. The lowest BCUT2D eigenvalue weighted by Crippen LogP contribution is -2.42. The minimum absolute atomic E-state index is 0.0809. The molecule has 15 heavy (non-hydrogen) atoms. The van der Waals surface area contributed by atoms with Crippen molar-refractivity contribution in [3.05, 3.63) is 0 Å². The Morgan fingerprint density at radius 1 is 1.40 bits per heavy atom.